The first kappa shape index (κ1) is 32.4. The van der Waals surface area contributed by atoms with E-state index in [0.717, 1.165) is 42.5 Å². The Morgan fingerprint density at radius 3 is 2.30 bits per heavy atom. The smallest absolute Gasteiger partial charge is 0.235 e. The van der Waals surface area contributed by atoms with E-state index in [0.29, 0.717) is 11.1 Å². The van der Waals surface area contributed by atoms with Gasteiger partial charge in [0.1, 0.15) is 5.75 Å². The lowest BCUT2D eigenvalue weighted by Crippen LogP contribution is -2.74. The predicted molar refractivity (Wildman–Crippen MR) is 175 cm³/mol. The van der Waals surface area contributed by atoms with E-state index in [1.165, 1.54) is 4.90 Å². The minimum Gasteiger partial charge on any atom is -0.506 e. The molecule has 244 valence electrons. The quantitative estimate of drug-likeness (QED) is 0.338. The van der Waals surface area contributed by atoms with Crippen LogP contribution in [0.25, 0.3) is 11.1 Å². The zero-order valence-corrected chi connectivity index (χ0v) is 27.0. The van der Waals surface area contributed by atoms with E-state index in [4.69, 9.17) is 5.73 Å². The number of aliphatic hydroxyl groups is 1. The van der Waals surface area contributed by atoms with Gasteiger partial charge in [-0.15, -0.1) is 0 Å². The highest BCUT2D eigenvalue weighted by molar-refractivity contribution is 6.32. The molecule has 0 aliphatic heterocycles. The lowest BCUT2D eigenvalue weighted by molar-refractivity contribution is -0.181. The largest absolute Gasteiger partial charge is 0.506 e. The molecule has 0 bridgehead atoms. The number of anilines is 1. The van der Waals surface area contributed by atoms with E-state index in [9.17, 15) is 34.2 Å². The van der Waals surface area contributed by atoms with Gasteiger partial charge >= 0.3 is 0 Å². The van der Waals surface area contributed by atoms with Crippen LogP contribution in [0.5, 0.6) is 5.75 Å². The number of carbonyl (C=O) groups is 5. The van der Waals surface area contributed by atoms with Crippen molar-refractivity contribution in [3.8, 4) is 28.7 Å². The summed E-state index contributed by atoms with van der Waals surface area (Å²) in [5.74, 6) is -4.60. The van der Waals surface area contributed by atoms with Crippen LogP contribution < -0.4 is 10.6 Å². The molecule has 47 heavy (non-hydrogen) atoms. The summed E-state index contributed by atoms with van der Waals surface area (Å²) in [5, 5.41) is 23.5. The van der Waals surface area contributed by atoms with Crippen molar-refractivity contribution in [1.29, 1.82) is 0 Å². The summed E-state index contributed by atoms with van der Waals surface area (Å²) in [6.07, 6.45) is 6.09. The van der Waals surface area contributed by atoms with Crippen LogP contribution in [0.2, 0.25) is 0 Å². The van der Waals surface area contributed by atoms with Gasteiger partial charge in [0.05, 0.1) is 23.1 Å². The molecule has 6 rings (SSSR count). The molecule has 2 fully saturated rings. The van der Waals surface area contributed by atoms with E-state index in [-0.39, 0.29) is 29.7 Å². The number of phenols is 1. The van der Waals surface area contributed by atoms with Crippen molar-refractivity contribution >= 4 is 34.7 Å². The predicted octanol–water partition coefficient (Wildman–Crippen LogP) is 2.45. The van der Waals surface area contributed by atoms with Gasteiger partial charge in [0.25, 0.3) is 0 Å². The highest BCUT2D eigenvalue weighted by Crippen LogP contribution is 2.52. The van der Waals surface area contributed by atoms with Gasteiger partial charge in [-0.1, -0.05) is 30.0 Å². The molecular weight excluding hydrogens is 598 g/mol. The van der Waals surface area contributed by atoms with Crippen molar-refractivity contribution < 1.29 is 34.2 Å². The highest BCUT2D eigenvalue weighted by Gasteiger charge is 2.69. The Morgan fingerprint density at radius 2 is 1.70 bits per heavy atom. The second kappa shape index (κ2) is 11.9. The molecule has 2 unspecified atom stereocenters. The van der Waals surface area contributed by atoms with Crippen LogP contribution >= 0.6 is 0 Å². The number of nitrogens with zero attached hydrogens (tertiary/aromatic N) is 2. The molecule has 6 atom stereocenters. The third kappa shape index (κ3) is 5.09. The van der Waals surface area contributed by atoms with E-state index in [1.54, 1.807) is 20.2 Å². The van der Waals surface area contributed by atoms with Gasteiger partial charge in [0, 0.05) is 25.7 Å². The maximum atomic E-state index is 14.4. The summed E-state index contributed by atoms with van der Waals surface area (Å²) < 4.78 is 0. The molecule has 0 saturated heterocycles. The summed E-state index contributed by atoms with van der Waals surface area (Å²) in [6.45, 7) is 0. The van der Waals surface area contributed by atoms with Gasteiger partial charge in [0.15, 0.2) is 34.7 Å². The normalized spacial score (nSPS) is 28.5. The number of ketones is 4. The molecule has 10 nitrogen and oxygen atoms in total. The van der Waals surface area contributed by atoms with Crippen LogP contribution in [0, 0.1) is 35.5 Å². The maximum absolute atomic E-state index is 14.4. The van der Waals surface area contributed by atoms with Crippen molar-refractivity contribution in [3.63, 3.8) is 0 Å². The zero-order valence-electron chi connectivity index (χ0n) is 27.0. The Hall–Kier alpha value is -4.59. The minimum absolute atomic E-state index is 0.0145. The number of allylic oxidation sites excluding steroid dienone is 2. The van der Waals surface area contributed by atoms with Crippen molar-refractivity contribution in [3.05, 3.63) is 58.7 Å². The molecule has 4 N–H and O–H groups in total. The molecule has 0 radical (unpaired) electrons. The fourth-order valence-electron chi connectivity index (χ4n) is 8.06. The Balaban J connectivity index is 1.52. The summed E-state index contributed by atoms with van der Waals surface area (Å²) in [4.78, 5) is 71.5. The summed E-state index contributed by atoms with van der Waals surface area (Å²) in [5.41, 5.74) is 6.76. The second-order valence-corrected chi connectivity index (χ2v) is 13.6. The Bertz CT molecular complexity index is 1810. The molecular formula is C37H39N3O7. The molecule has 2 aromatic rings. The first-order chi connectivity index (χ1) is 22.3. The fraction of sp³-hybridized carbons (Fsp3) is 0.432. The number of fused-ring (bicyclic) bond motifs is 3. The van der Waals surface area contributed by atoms with Crippen LogP contribution in [-0.4, -0.2) is 84.0 Å². The number of hydrogen-bond donors (Lipinski definition) is 3. The van der Waals surface area contributed by atoms with Gasteiger partial charge in [-0.05, 0) is 99.0 Å². The Labute approximate surface area is 273 Å². The van der Waals surface area contributed by atoms with Crippen molar-refractivity contribution in [2.45, 2.75) is 50.2 Å². The van der Waals surface area contributed by atoms with Crippen LogP contribution in [0.15, 0.2) is 42.0 Å². The standard InChI is InChI=1S/C37H39N3O7/c1-39(2)23-14-12-20(13-15-23)24-16-21(11-10-19-8-6-5-7-9-19)31(41)28-25(24)17-22-18-26-30(40(3)4)33(43)29(36(38)46)35(45)37(26,47)34(44)27(22)32(28)42/h8,12-16,22,26-27,29-30,41,47H,5-7,9,17-18H2,1-4H3,(H2,38,46)/t22-,26-,27?,29?,30-,37-/m0/s1. The monoisotopic (exact) mass is 637 g/mol. The number of carbonyl (C=O) groups excluding carboxylic acids is 5. The average Bonchev–Trinajstić information content (AvgIpc) is 3.02. The van der Waals surface area contributed by atoms with E-state index >= 15 is 0 Å². The molecule has 0 spiro atoms. The first-order valence-corrected chi connectivity index (χ1v) is 16.0. The number of primary amides is 1. The van der Waals surface area contributed by atoms with Gasteiger partial charge in [0.2, 0.25) is 5.91 Å². The number of nitrogens with two attached hydrogens (primary N) is 1. The molecule has 10 heteroatoms. The Morgan fingerprint density at radius 1 is 1.00 bits per heavy atom. The summed E-state index contributed by atoms with van der Waals surface area (Å²) in [6, 6.07) is 8.36. The number of likely N-dealkylation sites (N-methyl/N-ethyl adjacent to an activating group) is 1. The van der Waals surface area contributed by atoms with Crippen LogP contribution in [0.3, 0.4) is 0 Å². The molecule has 1 amide bonds. The molecule has 4 aliphatic carbocycles. The lowest BCUT2D eigenvalue weighted by atomic mass is 9.52. The third-order valence-electron chi connectivity index (χ3n) is 10.4. The van der Waals surface area contributed by atoms with Gasteiger partial charge < -0.3 is 20.8 Å². The number of aromatic hydroxyl groups is 1. The SMILES string of the molecule is CN(C)c1ccc(-c2cc(C#CC3=CCCCC3)c(O)c3c2C[C@H]2C[C@H]4[C@H](N(C)C)C(=O)C(C(N)=O)C(=O)[C@@]4(O)C(=O)C2C3=O)cc1. The third-order valence-corrected chi connectivity index (χ3v) is 10.4. The van der Waals surface area contributed by atoms with Crippen molar-refractivity contribution in [2.75, 3.05) is 33.1 Å². The topological polar surface area (TPSA) is 158 Å². The summed E-state index contributed by atoms with van der Waals surface area (Å²) in [7, 11) is 6.99. The molecule has 0 aromatic heterocycles. The van der Waals surface area contributed by atoms with Crippen molar-refractivity contribution in [1.82, 2.24) is 4.90 Å². The molecule has 2 aromatic carbocycles. The maximum Gasteiger partial charge on any atom is 0.235 e. The molecule has 0 heterocycles. The van der Waals surface area contributed by atoms with Crippen molar-refractivity contribution in [2.24, 2.45) is 29.4 Å². The second-order valence-electron chi connectivity index (χ2n) is 13.6. The number of Topliss-reactive ketones (excluding diaryl/α,β-unsaturated/α-hetero) is 4. The zero-order chi connectivity index (χ0) is 33.9. The fourth-order valence-corrected chi connectivity index (χ4v) is 8.06. The van der Waals surface area contributed by atoms with Gasteiger partial charge in [-0.25, -0.2) is 0 Å². The van der Waals surface area contributed by atoms with E-state index in [2.05, 4.69) is 17.9 Å². The van der Waals surface area contributed by atoms with Crippen LogP contribution in [-0.2, 0) is 25.6 Å². The number of rotatable bonds is 4. The molecule has 2 saturated carbocycles. The first-order valence-electron chi connectivity index (χ1n) is 16.0. The van der Waals surface area contributed by atoms with Crippen LogP contribution in [0.4, 0.5) is 5.69 Å². The average molecular weight is 638 g/mol. The Kier molecular flexibility index (Phi) is 8.19. The van der Waals surface area contributed by atoms with E-state index in [1.807, 2.05) is 43.3 Å². The highest BCUT2D eigenvalue weighted by atomic mass is 16.3. The lowest BCUT2D eigenvalue weighted by Gasteiger charge is -2.52. The van der Waals surface area contributed by atoms with Gasteiger partial charge in [-0.2, -0.15) is 0 Å². The number of benzene rings is 2. The molecule has 4 aliphatic rings. The number of hydrogen-bond acceptors (Lipinski definition) is 9. The van der Waals surface area contributed by atoms with E-state index < -0.39 is 64.4 Å². The number of phenolic OH excluding ortho intramolecular Hbond substituents is 1. The minimum atomic E-state index is -2.78. The number of amides is 1. The van der Waals surface area contributed by atoms with Crippen LogP contribution in [0.1, 0.15) is 53.6 Å². The van der Waals surface area contributed by atoms with Gasteiger partial charge in [-0.3, -0.25) is 28.9 Å². The summed E-state index contributed by atoms with van der Waals surface area (Å²) >= 11 is 0.